The van der Waals surface area contributed by atoms with E-state index in [1.165, 1.54) is 0 Å². The van der Waals surface area contributed by atoms with Crippen LogP contribution in [0.25, 0.3) is 0 Å². The molecule has 0 bridgehead atoms. The molecule has 2 atom stereocenters. The maximum atomic E-state index is 8.99. The van der Waals surface area contributed by atoms with Crippen molar-refractivity contribution in [3.05, 3.63) is 0 Å². The Hall–Kier alpha value is 0.540. The zero-order valence-corrected chi connectivity index (χ0v) is 7.71. The Balaban J connectivity index is 2.73. The van der Waals surface area contributed by atoms with Crippen molar-refractivity contribution in [1.29, 1.82) is 0 Å². The third kappa shape index (κ3) is 0.744. The Bertz CT molecular complexity index is 141. The second-order valence-electron chi connectivity index (χ2n) is 3.01. The molecule has 0 spiro atoms. The van der Waals surface area contributed by atoms with E-state index < -0.39 is 4.33 Å². The van der Waals surface area contributed by atoms with Crippen LogP contribution in [-0.4, -0.2) is 16.0 Å². The van der Waals surface area contributed by atoms with Crippen LogP contribution in [0.3, 0.4) is 0 Å². The number of aliphatic hydroxyl groups excluding tert-OH is 1. The molecule has 2 unspecified atom stereocenters. The Morgan fingerprint density at radius 2 is 1.90 bits per heavy atom. The highest BCUT2D eigenvalue weighted by Crippen LogP contribution is 2.70. The third-order valence-electron chi connectivity index (χ3n) is 2.87. The van der Waals surface area contributed by atoms with Crippen LogP contribution in [0.2, 0.25) is 0 Å². The molecule has 1 nitrogen and oxygen atoms in total. The number of hydrogen-bond donors (Lipinski definition) is 1. The molecule has 1 aliphatic carbocycles. The highest BCUT2D eigenvalue weighted by Gasteiger charge is 2.71. The SMILES string of the molecule is CCC1(CO)C(C)C1(Cl)Cl. The van der Waals surface area contributed by atoms with E-state index in [-0.39, 0.29) is 17.9 Å². The summed E-state index contributed by atoms with van der Waals surface area (Å²) in [6.45, 7) is 4.07. The van der Waals surface area contributed by atoms with Gasteiger partial charge in [0.1, 0.15) is 4.33 Å². The van der Waals surface area contributed by atoms with Crippen LogP contribution in [0, 0.1) is 11.3 Å². The molecule has 1 N–H and O–H groups in total. The normalized spacial score (nSPS) is 43.5. The molecule has 0 aromatic carbocycles. The Labute approximate surface area is 71.3 Å². The molecule has 0 saturated heterocycles. The molecule has 1 fully saturated rings. The van der Waals surface area contributed by atoms with Crippen molar-refractivity contribution in [1.82, 2.24) is 0 Å². The summed E-state index contributed by atoms with van der Waals surface area (Å²) < 4.78 is -0.684. The average Bonchev–Trinajstić information content (AvgIpc) is 2.31. The Morgan fingerprint density at radius 3 is 1.90 bits per heavy atom. The fraction of sp³-hybridized carbons (Fsp3) is 1.00. The molecule has 1 aliphatic rings. The molecule has 1 rings (SSSR count). The molecule has 3 heteroatoms. The maximum absolute atomic E-state index is 8.99. The van der Waals surface area contributed by atoms with Gasteiger partial charge in [0, 0.05) is 11.3 Å². The first-order chi connectivity index (χ1) is 4.53. The lowest BCUT2D eigenvalue weighted by molar-refractivity contribution is 0.195. The van der Waals surface area contributed by atoms with E-state index in [4.69, 9.17) is 28.3 Å². The summed E-state index contributed by atoms with van der Waals surface area (Å²) in [4.78, 5) is 0. The van der Waals surface area contributed by atoms with Crippen molar-refractivity contribution in [2.24, 2.45) is 11.3 Å². The molecule has 10 heavy (non-hydrogen) atoms. The van der Waals surface area contributed by atoms with Gasteiger partial charge in [-0.1, -0.05) is 13.8 Å². The Morgan fingerprint density at radius 1 is 1.50 bits per heavy atom. The fourth-order valence-corrected chi connectivity index (χ4v) is 2.63. The monoisotopic (exact) mass is 182 g/mol. The maximum Gasteiger partial charge on any atom is 0.129 e. The summed E-state index contributed by atoms with van der Waals surface area (Å²) in [5.41, 5.74) is -0.226. The molecule has 0 heterocycles. The number of alkyl halides is 2. The van der Waals surface area contributed by atoms with E-state index in [9.17, 15) is 0 Å². The number of aliphatic hydroxyl groups is 1. The molecular weight excluding hydrogens is 171 g/mol. The predicted molar refractivity (Wildman–Crippen MR) is 43.4 cm³/mol. The van der Waals surface area contributed by atoms with Crippen molar-refractivity contribution >= 4 is 23.2 Å². The van der Waals surface area contributed by atoms with Gasteiger partial charge in [0.2, 0.25) is 0 Å². The quantitative estimate of drug-likeness (QED) is 0.650. The summed E-state index contributed by atoms with van der Waals surface area (Å²) in [5.74, 6) is 0.221. The molecule has 0 aliphatic heterocycles. The van der Waals surface area contributed by atoms with Gasteiger partial charge in [-0.05, 0) is 6.42 Å². The molecular formula is C7H12Cl2O. The van der Waals surface area contributed by atoms with Gasteiger partial charge < -0.3 is 5.11 Å². The van der Waals surface area contributed by atoms with E-state index in [0.29, 0.717) is 0 Å². The topological polar surface area (TPSA) is 20.2 Å². The first kappa shape index (κ1) is 8.63. The number of rotatable bonds is 2. The summed E-state index contributed by atoms with van der Waals surface area (Å²) in [6.07, 6.45) is 0.845. The van der Waals surface area contributed by atoms with E-state index in [0.717, 1.165) is 6.42 Å². The van der Waals surface area contributed by atoms with E-state index >= 15 is 0 Å². The van der Waals surface area contributed by atoms with Gasteiger partial charge in [-0.2, -0.15) is 0 Å². The molecule has 1 saturated carbocycles. The molecule has 60 valence electrons. The van der Waals surface area contributed by atoms with Gasteiger partial charge in [0.05, 0.1) is 6.61 Å². The van der Waals surface area contributed by atoms with Crippen LogP contribution in [0.1, 0.15) is 20.3 Å². The van der Waals surface area contributed by atoms with Gasteiger partial charge in [0.15, 0.2) is 0 Å². The fourth-order valence-electron chi connectivity index (χ4n) is 1.60. The van der Waals surface area contributed by atoms with Gasteiger partial charge >= 0.3 is 0 Å². The first-order valence-corrected chi connectivity index (χ1v) is 4.27. The number of halogens is 2. The largest absolute Gasteiger partial charge is 0.396 e. The van der Waals surface area contributed by atoms with Crippen LogP contribution >= 0.6 is 23.2 Å². The molecule has 0 amide bonds. The zero-order chi connectivity index (χ0) is 7.99. The van der Waals surface area contributed by atoms with Crippen LogP contribution in [0.5, 0.6) is 0 Å². The van der Waals surface area contributed by atoms with Crippen LogP contribution in [0.15, 0.2) is 0 Å². The highest BCUT2D eigenvalue weighted by molar-refractivity contribution is 6.51. The first-order valence-electron chi connectivity index (χ1n) is 3.51. The standard InChI is InChI=1S/C7H12Cl2O/c1-3-6(4-10)5(2)7(6,8)9/h5,10H,3-4H2,1-2H3. The van der Waals surface area contributed by atoms with Gasteiger partial charge in [-0.3, -0.25) is 0 Å². The summed E-state index contributed by atoms with van der Waals surface area (Å²) in [7, 11) is 0. The van der Waals surface area contributed by atoms with E-state index in [1.807, 2.05) is 13.8 Å². The van der Waals surface area contributed by atoms with Crippen LogP contribution in [0.4, 0.5) is 0 Å². The van der Waals surface area contributed by atoms with Gasteiger partial charge in [-0.25, -0.2) is 0 Å². The minimum absolute atomic E-state index is 0.0949. The van der Waals surface area contributed by atoms with Gasteiger partial charge in [-0.15, -0.1) is 23.2 Å². The van der Waals surface area contributed by atoms with E-state index in [2.05, 4.69) is 0 Å². The predicted octanol–water partition coefficient (Wildman–Crippen LogP) is 2.20. The van der Waals surface area contributed by atoms with E-state index in [1.54, 1.807) is 0 Å². The number of hydrogen-bond acceptors (Lipinski definition) is 1. The summed E-state index contributed by atoms with van der Waals surface area (Å²) >= 11 is 11.8. The molecule has 0 aromatic rings. The zero-order valence-electron chi connectivity index (χ0n) is 6.19. The second-order valence-corrected chi connectivity index (χ2v) is 4.40. The average molecular weight is 183 g/mol. The van der Waals surface area contributed by atoms with Crippen molar-refractivity contribution in [2.45, 2.75) is 24.6 Å². The second kappa shape index (κ2) is 2.26. The smallest absolute Gasteiger partial charge is 0.129 e. The summed E-state index contributed by atoms with van der Waals surface area (Å²) in [5, 5.41) is 8.99. The Kier molecular flexibility index (Phi) is 1.95. The van der Waals surface area contributed by atoms with Crippen molar-refractivity contribution in [2.75, 3.05) is 6.61 Å². The lowest BCUT2D eigenvalue weighted by atomic mass is 10.0. The van der Waals surface area contributed by atoms with Gasteiger partial charge in [0.25, 0.3) is 0 Å². The molecule has 0 aromatic heterocycles. The third-order valence-corrected chi connectivity index (χ3v) is 4.27. The van der Waals surface area contributed by atoms with Crippen LogP contribution < -0.4 is 0 Å². The van der Waals surface area contributed by atoms with Crippen molar-refractivity contribution < 1.29 is 5.11 Å². The lowest BCUT2D eigenvalue weighted by Crippen LogP contribution is -2.13. The summed E-state index contributed by atoms with van der Waals surface area (Å²) in [6, 6.07) is 0. The lowest BCUT2D eigenvalue weighted by Gasteiger charge is -2.10. The van der Waals surface area contributed by atoms with Crippen molar-refractivity contribution in [3.8, 4) is 0 Å². The van der Waals surface area contributed by atoms with Crippen molar-refractivity contribution in [3.63, 3.8) is 0 Å². The van der Waals surface area contributed by atoms with Crippen LogP contribution in [-0.2, 0) is 0 Å². The minimum atomic E-state index is -0.684. The highest BCUT2D eigenvalue weighted by atomic mass is 35.5. The molecule has 0 radical (unpaired) electrons. The minimum Gasteiger partial charge on any atom is -0.396 e.